The van der Waals surface area contributed by atoms with Crippen molar-refractivity contribution in [2.75, 3.05) is 6.54 Å². The first-order valence-electron chi connectivity index (χ1n) is 7.67. The van der Waals surface area contributed by atoms with Crippen molar-refractivity contribution in [3.05, 3.63) is 29.6 Å². The lowest BCUT2D eigenvalue weighted by molar-refractivity contribution is 0.0916. The van der Waals surface area contributed by atoms with Crippen molar-refractivity contribution in [2.45, 2.75) is 45.1 Å². The number of amides is 1. The van der Waals surface area contributed by atoms with E-state index in [-0.39, 0.29) is 18.5 Å². The maximum atomic E-state index is 12.5. The second-order valence-electron chi connectivity index (χ2n) is 5.60. The average Bonchev–Trinajstić information content (AvgIpc) is 2.70. The molecule has 1 amide bonds. The van der Waals surface area contributed by atoms with Crippen LogP contribution in [-0.4, -0.2) is 23.5 Å². The van der Waals surface area contributed by atoms with Crippen LogP contribution >= 0.6 is 0 Å². The summed E-state index contributed by atoms with van der Waals surface area (Å²) in [5.41, 5.74) is 6.43. The van der Waals surface area contributed by atoms with Gasteiger partial charge in [0.1, 0.15) is 5.69 Å². The molecule has 21 heavy (non-hydrogen) atoms. The van der Waals surface area contributed by atoms with Crippen LogP contribution in [-0.2, 0) is 0 Å². The van der Waals surface area contributed by atoms with Gasteiger partial charge < -0.3 is 11.1 Å². The normalized spacial score (nSPS) is 21.8. The minimum absolute atomic E-state index is 0.129. The minimum atomic E-state index is -0.129. The third kappa shape index (κ3) is 4.30. The molecular formula is C17H23N3O. The van der Waals surface area contributed by atoms with Crippen LogP contribution in [0.1, 0.15) is 55.1 Å². The highest BCUT2D eigenvalue weighted by atomic mass is 16.1. The van der Waals surface area contributed by atoms with Gasteiger partial charge in [-0.05, 0) is 30.9 Å². The van der Waals surface area contributed by atoms with E-state index in [9.17, 15) is 4.79 Å². The number of nitrogens with zero attached hydrogens (tertiary/aromatic N) is 1. The van der Waals surface area contributed by atoms with Gasteiger partial charge in [-0.2, -0.15) is 0 Å². The first kappa shape index (κ1) is 15.5. The SMILES string of the molecule is CC1CCCCCC1NC(=O)c1ncccc1C#CCN. The summed E-state index contributed by atoms with van der Waals surface area (Å²) in [6.45, 7) is 2.49. The topological polar surface area (TPSA) is 68.0 Å². The monoisotopic (exact) mass is 285 g/mol. The molecule has 0 aliphatic heterocycles. The Balaban J connectivity index is 2.12. The molecule has 2 unspecified atom stereocenters. The summed E-state index contributed by atoms with van der Waals surface area (Å²) in [7, 11) is 0. The summed E-state index contributed by atoms with van der Waals surface area (Å²) < 4.78 is 0. The molecule has 0 spiro atoms. The molecule has 2 rings (SSSR count). The first-order chi connectivity index (χ1) is 10.2. The molecule has 1 aliphatic carbocycles. The van der Waals surface area contributed by atoms with Crippen molar-refractivity contribution in [2.24, 2.45) is 11.7 Å². The fraction of sp³-hybridized carbons (Fsp3) is 0.529. The quantitative estimate of drug-likeness (QED) is 0.646. The summed E-state index contributed by atoms with van der Waals surface area (Å²) in [4.78, 5) is 16.7. The van der Waals surface area contributed by atoms with Crippen LogP contribution in [0.4, 0.5) is 0 Å². The van der Waals surface area contributed by atoms with Crippen molar-refractivity contribution in [3.8, 4) is 11.8 Å². The van der Waals surface area contributed by atoms with Gasteiger partial charge in [0.05, 0.1) is 12.1 Å². The van der Waals surface area contributed by atoms with Crippen molar-refractivity contribution in [3.63, 3.8) is 0 Å². The lowest BCUT2D eigenvalue weighted by Gasteiger charge is -2.22. The second-order valence-corrected chi connectivity index (χ2v) is 5.60. The van der Waals surface area contributed by atoms with Crippen molar-refractivity contribution in [1.29, 1.82) is 0 Å². The van der Waals surface area contributed by atoms with E-state index in [1.54, 1.807) is 18.3 Å². The van der Waals surface area contributed by atoms with Crippen molar-refractivity contribution < 1.29 is 4.79 Å². The van der Waals surface area contributed by atoms with Crippen LogP contribution in [0.3, 0.4) is 0 Å². The number of aromatic nitrogens is 1. The van der Waals surface area contributed by atoms with Crippen LogP contribution in [0.25, 0.3) is 0 Å². The number of pyridine rings is 1. The number of carbonyl (C=O) groups excluding carboxylic acids is 1. The third-order valence-electron chi connectivity index (χ3n) is 4.03. The zero-order chi connectivity index (χ0) is 15.1. The van der Waals surface area contributed by atoms with Crippen LogP contribution in [0.5, 0.6) is 0 Å². The number of hydrogen-bond donors (Lipinski definition) is 2. The zero-order valence-electron chi connectivity index (χ0n) is 12.6. The lowest BCUT2D eigenvalue weighted by Crippen LogP contribution is -2.39. The number of nitrogens with one attached hydrogen (secondary N) is 1. The van der Waals surface area contributed by atoms with Crippen LogP contribution in [0.2, 0.25) is 0 Å². The molecule has 3 N–H and O–H groups in total. The highest BCUT2D eigenvalue weighted by Gasteiger charge is 2.23. The molecule has 4 heteroatoms. The van der Waals surface area contributed by atoms with Gasteiger partial charge in [-0.15, -0.1) is 0 Å². The fourth-order valence-corrected chi connectivity index (χ4v) is 2.78. The van der Waals surface area contributed by atoms with E-state index in [4.69, 9.17) is 5.73 Å². The Labute approximate surface area is 126 Å². The molecular weight excluding hydrogens is 262 g/mol. The number of hydrogen-bond acceptors (Lipinski definition) is 3. The van der Waals surface area contributed by atoms with E-state index in [0.717, 1.165) is 6.42 Å². The van der Waals surface area contributed by atoms with E-state index in [0.29, 0.717) is 17.2 Å². The molecule has 1 saturated carbocycles. The van der Waals surface area contributed by atoms with Crippen LogP contribution in [0, 0.1) is 17.8 Å². The lowest BCUT2D eigenvalue weighted by atomic mass is 9.96. The zero-order valence-corrected chi connectivity index (χ0v) is 12.6. The highest BCUT2D eigenvalue weighted by molar-refractivity contribution is 5.94. The summed E-state index contributed by atoms with van der Waals surface area (Å²) in [6, 6.07) is 3.82. The first-order valence-corrected chi connectivity index (χ1v) is 7.67. The van der Waals surface area contributed by atoms with Crippen LogP contribution < -0.4 is 11.1 Å². The average molecular weight is 285 g/mol. The molecule has 112 valence electrons. The predicted octanol–water partition coefficient (Wildman–Crippen LogP) is 2.09. The van der Waals surface area contributed by atoms with Gasteiger partial charge in [0, 0.05) is 12.2 Å². The Morgan fingerprint density at radius 1 is 1.43 bits per heavy atom. The van der Waals surface area contributed by atoms with E-state index in [1.165, 1.54) is 25.7 Å². The van der Waals surface area contributed by atoms with Gasteiger partial charge in [0.15, 0.2) is 0 Å². The van der Waals surface area contributed by atoms with E-state index < -0.39 is 0 Å². The standard InChI is InChI=1S/C17H23N3O/c1-13-7-3-2-4-10-15(13)20-17(21)16-14(8-5-11-18)9-6-12-19-16/h6,9,12-13,15H,2-4,7,10-11,18H2,1H3,(H,20,21). The molecule has 1 fully saturated rings. The Bertz CT molecular complexity index is 544. The maximum Gasteiger partial charge on any atom is 0.271 e. The number of carbonyl (C=O) groups is 1. The van der Waals surface area contributed by atoms with E-state index in [2.05, 4.69) is 29.1 Å². The van der Waals surface area contributed by atoms with Gasteiger partial charge >= 0.3 is 0 Å². The Kier molecular flexibility index (Phi) is 5.77. The summed E-state index contributed by atoms with van der Waals surface area (Å²) >= 11 is 0. The minimum Gasteiger partial charge on any atom is -0.348 e. The van der Waals surface area contributed by atoms with Gasteiger partial charge in [0.25, 0.3) is 5.91 Å². The number of rotatable bonds is 2. The van der Waals surface area contributed by atoms with Gasteiger partial charge in [-0.3, -0.25) is 4.79 Å². The Morgan fingerprint density at radius 3 is 3.05 bits per heavy atom. The number of nitrogens with two attached hydrogens (primary N) is 1. The van der Waals surface area contributed by atoms with E-state index in [1.807, 2.05) is 0 Å². The Hall–Kier alpha value is -1.86. The molecule has 0 bridgehead atoms. The van der Waals surface area contributed by atoms with Gasteiger partial charge in [-0.25, -0.2) is 4.98 Å². The molecule has 0 aromatic carbocycles. The molecule has 0 radical (unpaired) electrons. The molecule has 0 saturated heterocycles. The molecule has 4 nitrogen and oxygen atoms in total. The van der Waals surface area contributed by atoms with Gasteiger partial charge in [-0.1, -0.05) is 38.0 Å². The molecule has 1 aromatic heterocycles. The third-order valence-corrected chi connectivity index (χ3v) is 4.03. The molecule has 1 heterocycles. The largest absolute Gasteiger partial charge is 0.348 e. The summed E-state index contributed by atoms with van der Waals surface area (Å²) in [6.07, 6.45) is 7.53. The molecule has 1 aliphatic rings. The summed E-state index contributed by atoms with van der Waals surface area (Å²) in [5, 5.41) is 3.14. The van der Waals surface area contributed by atoms with E-state index >= 15 is 0 Å². The maximum absolute atomic E-state index is 12.5. The van der Waals surface area contributed by atoms with Crippen LogP contribution in [0.15, 0.2) is 18.3 Å². The Morgan fingerprint density at radius 2 is 2.24 bits per heavy atom. The second kappa shape index (κ2) is 7.80. The highest BCUT2D eigenvalue weighted by Crippen LogP contribution is 2.23. The smallest absolute Gasteiger partial charge is 0.271 e. The molecule has 1 aromatic rings. The molecule has 2 atom stereocenters. The van der Waals surface area contributed by atoms with Crippen molar-refractivity contribution in [1.82, 2.24) is 10.3 Å². The predicted molar refractivity (Wildman–Crippen MR) is 83.7 cm³/mol. The van der Waals surface area contributed by atoms with Crippen molar-refractivity contribution >= 4 is 5.91 Å². The fourth-order valence-electron chi connectivity index (χ4n) is 2.78. The van der Waals surface area contributed by atoms with Gasteiger partial charge in [0.2, 0.25) is 0 Å². The summed E-state index contributed by atoms with van der Waals surface area (Å²) in [5.74, 6) is 6.08.